The van der Waals surface area contributed by atoms with Gasteiger partial charge in [-0.3, -0.25) is 0 Å². The molecule has 3 nitrogen and oxygen atoms in total. The van der Waals surface area contributed by atoms with Crippen LogP contribution in [0, 0.1) is 0 Å². The fourth-order valence-electron chi connectivity index (χ4n) is 6.53. The Bertz CT molecular complexity index is 2480. The third kappa shape index (κ3) is 3.83. The standard InChI is InChI=1S/C40H26N2O/c1-2-9-28-24-29(19-16-26(28)8-1)41-30-20-23-38-36(25-30)33-10-3-5-14-37(33)42(38)31-21-17-27(18-22-31)32-12-7-13-35-34-11-4-6-15-39(34)43-40(32)35/h1-25,41H. The van der Waals surface area contributed by atoms with E-state index < -0.39 is 0 Å². The summed E-state index contributed by atoms with van der Waals surface area (Å²) in [6, 6.07) is 53.7. The highest BCUT2D eigenvalue weighted by Crippen LogP contribution is 2.38. The van der Waals surface area contributed by atoms with E-state index >= 15 is 0 Å². The molecule has 1 N–H and O–H groups in total. The Hall–Kier alpha value is -5.80. The number of aromatic nitrogens is 1. The molecule has 0 saturated carbocycles. The molecule has 0 spiro atoms. The maximum absolute atomic E-state index is 6.32. The second-order valence-electron chi connectivity index (χ2n) is 11.1. The van der Waals surface area contributed by atoms with Crippen molar-refractivity contribution < 1.29 is 4.42 Å². The van der Waals surface area contributed by atoms with Crippen molar-refractivity contribution in [3.05, 3.63) is 152 Å². The summed E-state index contributed by atoms with van der Waals surface area (Å²) in [5, 5.41) is 10.8. The van der Waals surface area contributed by atoms with Gasteiger partial charge in [-0.1, -0.05) is 97.1 Å². The Kier molecular flexibility index (Phi) is 5.20. The summed E-state index contributed by atoms with van der Waals surface area (Å²) < 4.78 is 8.68. The first-order valence-electron chi connectivity index (χ1n) is 14.6. The van der Waals surface area contributed by atoms with Gasteiger partial charge in [0.2, 0.25) is 0 Å². The minimum Gasteiger partial charge on any atom is -0.455 e. The largest absolute Gasteiger partial charge is 0.455 e. The van der Waals surface area contributed by atoms with Crippen molar-refractivity contribution in [1.29, 1.82) is 0 Å². The van der Waals surface area contributed by atoms with Gasteiger partial charge in [-0.15, -0.1) is 0 Å². The molecule has 0 fully saturated rings. The van der Waals surface area contributed by atoms with E-state index in [0.717, 1.165) is 50.1 Å². The van der Waals surface area contributed by atoms with Crippen molar-refractivity contribution >= 4 is 65.9 Å². The summed E-state index contributed by atoms with van der Waals surface area (Å²) >= 11 is 0. The highest BCUT2D eigenvalue weighted by atomic mass is 16.3. The molecule has 43 heavy (non-hydrogen) atoms. The second-order valence-corrected chi connectivity index (χ2v) is 11.1. The SMILES string of the molecule is c1ccc2cc(Nc3ccc4c(c3)c3ccccc3n4-c3ccc(-c4cccc5c4oc4ccccc45)cc3)ccc2c1. The monoisotopic (exact) mass is 550 g/mol. The number of nitrogens with one attached hydrogen (secondary N) is 1. The Morgan fingerprint density at radius 2 is 1.16 bits per heavy atom. The minimum absolute atomic E-state index is 0.918. The molecule has 0 bridgehead atoms. The zero-order valence-corrected chi connectivity index (χ0v) is 23.3. The topological polar surface area (TPSA) is 30.1 Å². The van der Waals surface area contributed by atoms with Gasteiger partial charge in [-0.05, 0) is 70.9 Å². The minimum atomic E-state index is 0.918. The van der Waals surface area contributed by atoms with Gasteiger partial charge in [0.15, 0.2) is 0 Å². The van der Waals surface area contributed by atoms with Crippen molar-refractivity contribution in [1.82, 2.24) is 4.57 Å². The number of anilines is 2. The number of furan rings is 1. The zero-order chi connectivity index (χ0) is 28.3. The van der Waals surface area contributed by atoms with E-state index in [-0.39, 0.29) is 0 Å². The van der Waals surface area contributed by atoms with Gasteiger partial charge in [0, 0.05) is 44.2 Å². The molecule has 0 aliphatic heterocycles. The van der Waals surface area contributed by atoms with Crippen molar-refractivity contribution in [3.8, 4) is 16.8 Å². The molecule has 0 saturated heterocycles. The number of fused-ring (bicyclic) bond motifs is 7. The first-order valence-corrected chi connectivity index (χ1v) is 14.6. The Labute approximate surface area is 248 Å². The van der Waals surface area contributed by atoms with Crippen LogP contribution in [0.15, 0.2) is 156 Å². The molecule has 202 valence electrons. The molecule has 0 atom stereocenters. The van der Waals surface area contributed by atoms with E-state index in [1.54, 1.807) is 0 Å². The average Bonchev–Trinajstić information content (AvgIpc) is 3.61. The molecule has 2 heterocycles. The van der Waals surface area contributed by atoms with Crippen LogP contribution < -0.4 is 5.32 Å². The van der Waals surface area contributed by atoms with Gasteiger partial charge < -0.3 is 14.3 Å². The van der Waals surface area contributed by atoms with Crippen molar-refractivity contribution in [2.45, 2.75) is 0 Å². The molecule has 0 aliphatic rings. The van der Waals surface area contributed by atoms with Crippen molar-refractivity contribution in [2.75, 3.05) is 5.32 Å². The van der Waals surface area contributed by atoms with Gasteiger partial charge >= 0.3 is 0 Å². The molecular formula is C40H26N2O. The van der Waals surface area contributed by atoms with E-state index in [9.17, 15) is 0 Å². The van der Waals surface area contributed by atoms with Crippen LogP contribution in [-0.2, 0) is 0 Å². The number of hydrogen-bond acceptors (Lipinski definition) is 2. The summed E-state index contributed by atoms with van der Waals surface area (Å²) in [7, 11) is 0. The molecule has 9 aromatic rings. The number of hydrogen-bond donors (Lipinski definition) is 1. The van der Waals surface area contributed by atoms with Gasteiger partial charge in [0.05, 0.1) is 11.0 Å². The maximum Gasteiger partial charge on any atom is 0.143 e. The van der Waals surface area contributed by atoms with Crippen LogP contribution >= 0.6 is 0 Å². The molecule has 2 aromatic heterocycles. The van der Waals surface area contributed by atoms with Crippen LogP contribution in [0.5, 0.6) is 0 Å². The Morgan fingerprint density at radius 3 is 2.07 bits per heavy atom. The first-order chi connectivity index (χ1) is 21.3. The smallest absolute Gasteiger partial charge is 0.143 e. The number of rotatable bonds is 4. The lowest BCUT2D eigenvalue weighted by Gasteiger charge is -2.11. The van der Waals surface area contributed by atoms with Crippen LogP contribution in [0.2, 0.25) is 0 Å². The van der Waals surface area contributed by atoms with E-state index in [0.29, 0.717) is 0 Å². The van der Waals surface area contributed by atoms with Crippen LogP contribution in [0.1, 0.15) is 0 Å². The van der Waals surface area contributed by atoms with Crippen LogP contribution in [0.3, 0.4) is 0 Å². The molecular weight excluding hydrogens is 524 g/mol. The highest BCUT2D eigenvalue weighted by Gasteiger charge is 2.15. The van der Waals surface area contributed by atoms with Crippen LogP contribution in [0.25, 0.3) is 71.3 Å². The maximum atomic E-state index is 6.32. The molecule has 0 radical (unpaired) electrons. The third-order valence-electron chi connectivity index (χ3n) is 8.55. The van der Waals surface area contributed by atoms with Crippen molar-refractivity contribution in [2.24, 2.45) is 0 Å². The average molecular weight is 551 g/mol. The summed E-state index contributed by atoms with van der Waals surface area (Å²) in [6.07, 6.45) is 0. The van der Waals surface area contributed by atoms with E-state index in [4.69, 9.17) is 4.42 Å². The predicted molar refractivity (Wildman–Crippen MR) is 181 cm³/mol. The van der Waals surface area contributed by atoms with Gasteiger partial charge in [0.25, 0.3) is 0 Å². The lowest BCUT2D eigenvalue weighted by molar-refractivity contribution is 0.670. The molecule has 3 heteroatoms. The number of para-hydroxylation sites is 3. The van der Waals surface area contributed by atoms with E-state index in [1.165, 1.54) is 32.6 Å². The summed E-state index contributed by atoms with van der Waals surface area (Å²) in [5.41, 5.74) is 9.73. The lowest BCUT2D eigenvalue weighted by Crippen LogP contribution is -1.94. The van der Waals surface area contributed by atoms with Gasteiger partial charge in [-0.25, -0.2) is 0 Å². The molecule has 9 rings (SSSR count). The Balaban J connectivity index is 1.13. The number of benzene rings is 7. The van der Waals surface area contributed by atoms with Crippen LogP contribution in [-0.4, -0.2) is 4.57 Å². The second kappa shape index (κ2) is 9.37. The first kappa shape index (κ1) is 23.9. The summed E-state index contributed by atoms with van der Waals surface area (Å²) in [5.74, 6) is 0. The van der Waals surface area contributed by atoms with Gasteiger partial charge in [-0.2, -0.15) is 0 Å². The molecule has 0 aliphatic carbocycles. The third-order valence-corrected chi connectivity index (χ3v) is 8.55. The Morgan fingerprint density at radius 1 is 0.465 bits per heavy atom. The predicted octanol–water partition coefficient (Wildman–Crippen LogP) is 11.2. The summed E-state index contributed by atoms with van der Waals surface area (Å²) in [6.45, 7) is 0. The molecule has 7 aromatic carbocycles. The lowest BCUT2D eigenvalue weighted by atomic mass is 10.0. The van der Waals surface area contributed by atoms with E-state index in [1.807, 2.05) is 12.1 Å². The van der Waals surface area contributed by atoms with Crippen molar-refractivity contribution in [3.63, 3.8) is 0 Å². The highest BCUT2D eigenvalue weighted by molar-refractivity contribution is 6.11. The zero-order valence-electron chi connectivity index (χ0n) is 23.3. The van der Waals surface area contributed by atoms with E-state index in [2.05, 4.69) is 149 Å². The number of nitrogens with zero attached hydrogens (tertiary/aromatic N) is 1. The molecule has 0 amide bonds. The quantitative estimate of drug-likeness (QED) is 0.236. The fraction of sp³-hybridized carbons (Fsp3) is 0. The fourth-order valence-corrected chi connectivity index (χ4v) is 6.53. The van der Waals surface area contributed by atoms with Crippen LogP contribution in [0.4, 0.5) is 11.4 Å². The molecule has 0 unspecified atom stereocenters. The summed E-state index contributed by atoms with van der Waals surface area (Å²) in [4.78, 5) is 0. The normalized spacial score (nSPS) is 11.7. The van der Waals surface area contributed by atoms with Gasteiger partial charge in [0.1, 0.15) is 11.2 Å².